The fraction of sp³-hybridized carbons (Fsp3) is 0.235. The molecular weight excluding hydrogens is 348 g/mol. The Bertz CT molecular complexity index is 983. The molecule has 3 rings (SSSR count). The van der Waals surface area contributed by atoms with Crippen LogP contribution in [0.1, 0.15) is 12.0 Å². The average Bonchev–Trinajstić information content (AvgIpc) is 3.06. The SMILES string of the molecule is CN(Cc1ccc(F)cc1F)C(=O)CCn1cnc2sccc2c1=O. The van der Waals surface area contributed by atoms with Gasteiger partial charge in [-0.25, -0.2) is 13.8 Å². The first-order chi connectivity index (χ1) is 12.0. The quantitative estimate of drug-likeness (QED) is 0.700. The maximum Gasteiger partial charge on any atom is 0.262 e. The third-order valence-corrected chi connectivity index (χ3v) is 4.69. The van der Waals surface area contributed by atoms with Gasteiger partial charge in [0.25, 0.3) is 5.56 Å². The van der Waals surface area contributed by atoms with E-state index in [0.29, 0.717) is 10.2 Å². The van der Waals surface area contributed by atoms with Crippen LogP contribution in [-0.4, -0.2) is 27.4 Å². The Balaban J connectivity index is 1.65. The van der Waals surface area contributed by atoms with Gasteiger partial charge in [-0.05, 0) is 17.5 Å². The summed E-state index contributed by atoms with van der Waals surface area (Å²) in [7, 11) is 1.54. The van der Waals surface area contributed by atoms with Gasteiger partial charge < -0.3 is 4.90 Å². The monoisotopic (exact) mass is 363 g/mol. The van der Waals surface area contributed by atoms with Gasteiger partial charge in [0.1, 0.15) is 16.5 Å². The maximum absolute atomic E-state index is 13.7. The topological polar surface area (TPSA) is 55.2 Å². The van der Waals surface area contributed by atoms with Gasteiger partial charge in [0.05, 0.1) is 11.7 Å². The van der Waals surface area contributed by atoms with Crippen LogP contribution in [0.3, 0.4) is 0 Å². The minimum atomic E-state index is -0.692. The van der Waals surface area contributed by atoms with E-state index in [0.717, 1.165) is 12.1 Å². The molecule has 0 fully saturated rings. The molecule has 0 aliphatic carbocycles. The Morgan fingerprint density at radius 2 is 2.12 bits per heavy atom. The zero-order valence-corrected chi connectivity index (χ0v) is 14.2. The van der Waals surface area contributed by atoms with Crippen LogP contribution in [-0.2, 0) is 17.9 Å². The number of fused-ring (bicyclic) bond motifs is 1. The number of carbonyl (C=O) groups excluding carboxylic acids is 1. The van der Waals surface area contributed by atoms with Crippen molar-refractivity contribution in [1.29, 1.82) is 0 Å². The Hall–Kier alpha value is -2.61. The van der Waals surface area contributed by atoms with Gasteiger partial charge in [-0.3, -0.25) is 14.2 Å². The van der Waals surface area contributed by atoms with Gasteiger partial charge in [-0.1, -0.05) is 6.07 Å². The van der Waals surface area contributed by atoms with Gasteiger partial charge in [-0.15, -0.1) is 11.3 Å². The molecule has 1 amide bonds. The Morgan fingerprint density at radius 3 is 2.88 bits per heavy atom. The van der Waals surface area contributed by atoms with Crippen LogP contribution in [0.25, 0.3) is 10.2 Å². The van der Waals surface area contributed by atoms with E-state index in [-0.39, 0.29) is 36.5 Å². The molecule has 0 bridgehead atoms. The number of aromatic nitrogens is 2. The fourth-order valence-corrected chi connectivity index (χ4v) is 3.18. The van der Waals surface area contributed by atoms with Crippen molar-refractivity contribution < 1.29 is 13.6 Å². The Labute approximate surface area is 146 Å². The molecule has 0 saturated carbocycles. The van der Waals surface area contributed by atoms with Crippen molar-refractivity contribution in [3.05, 3.63) is 63.5 Å². The molecule has 3 aromatic rings. The second-order valence-corrected chi connectivity index (χ2v) is 6.51. The third kappa shape index (κ3) is 3.74. The highest BCUT2D eigenvalue weighted by molar-refractivity contribution is 7.16. The molecular formula is C17H15F2N3O2S. The molecule has 25 heavy (non-hydrogen) atoms. The third-order valence-electron chi connectivity index (χ3n) is 3.87. The molecule has 2 aromatic heterocycles. The molecule has 2 heterocycles. The molecule has 0 aliphatic rings. The molecule has 0 atom stereocenters. The van der Waals surface area contributed by atoms with Crippen molar-refractivity contribution in [3.63, 3.8) is 0 Å². The first-order valence-corrected chi connectivity index (χ1v) is 8.44. The van der Waals surface area contributed by atoms with E-state index in [1.54, 1.807) is 11.4 Å². The number of hydrogen-bond acceptors (Lipinski definition) is 4. The van der Waals surface area contributed by atoms with Crippen molar-refractivity contribution in [3.8, 4) is 0 Å². The van der Waals surface area contributed by atoms with Gasteiger partial charge in [0.15, 0.2) is 0 Å². The van der Waals surface area contributed by atoms with Gasteiger partial charge in [0, 0.05) is 38.2 Å². The number of hydrogen-bond donors (Lipinski definition) is 0. The number of amides is 1. The van der Waals surface area contributed by atoms with Crippen LogP contribution < -0.4 is 5.56 Å². The lowest BCUT2D eigenvalue weighted by atomic mass is 10.2. The summed E-state index contributed by atoms with van der Waals surface area (Å²) in [6.45, 7) is 0.217. The van der Waals surface area contributed by atoms with Crippen molar-refractivity contribution in [1.82, 2.24) is 14.5 Å². The zero-order chi connectivity index (χ0) is 18.0. The standard InChI is InChI=1S/C17H15F2N3O2S/c1-21(9-11-2-3-12(18)8-14(11)19)15(23)4-6-22-10-20-16-13(17(22)24)5-7-25-16/h2-3,5,7-8,10H,4,6,9H2,1H3. The maximum atomic E-state index is 13.7. The number of benzene rings is 1. The Morgan fingerprint density at radius 1 is 1.32 bits per heavy atom. The van der Waals surface area contributed by atoms with Crippen molar-refractivity contribution >= 4 is 27.5 Å². The predicted molar refractivity (Wildman–Crippen MR) is 91.3 cm³/mol. The van der Waals surface area contributed by atoms with Crippen molar-refractivity contribution in [2.24, 2.45) is 0 Å². The summed E-state index contributed by atoms with van der Waals surface area (Å²) in [5, 5.41) is 2.32. The molecule has 8 heteroatoms. The summed E-state index contributed by atoms with van der Waals surface area (Å²) in [6, 6.07) is 4.96. The molecule has 1 aromatic carbocycles. The Kier molecular flexibility index (Phi) is 4.89. The highest BCUT2D eigenvalue weighted by atomic mass is 32.1. The molecule has 0 aliphatic heterocycles. The summed E-state index contributed by atoms with van der Waals surface area (Å²) in [5.41, 5.74) is 0.0436. The number of carbonyl (C=O) groups is 1. The summed E-state index contributed by atoms with van der Waals surface area (Å²) in [6.07, 6.45) is 1.50. The minimum Gasteiger partial charge on any atom is -0.341 e. The first kappa shape index (κ1) is 17.2. The molecule has 5 nitrogen and oxygen atoms in total. The lowest BCUT2D eigenvalue weighted by Gasteiger charge is -2.18. The van der Waals surface area contributed by atoms with Gasteiger partial charge in [-0.2, -0.15) is 0 Å². The molecule has 0 radical (unpaired) electrons. The largest absolute Gasteiger partial charge is 0.341 e. The molecule has 130 valence electrons. The van der Waals surface area contributed by atoms with Crippen molar-refractivity contribution in [2.75, 3.05) is 7.05 Å². The lowest BCUT2D eigenvalue weighted by Crippen LogP contribution is -2.29. The molecule has 0 saturated heterocycles. The summed E-state index contributed by atoms with van der Waals surface area (Å²) < 4.78 is 28.0. The van der Waals surface area contributed by atoms with Crippen molar-refractivity contribution in [2.45, 2.75) is 19.5 Å². The molecule has 0 unspecified atom stereocenters. The number of aryl methyl sites for hydroxylation is 1. The van der Waals surface area contributed by atoms with Crippen LogP contribution in [0, 0.1) is 11.6 Å². The summed E-state index contributed by atoms with van der Waals surface area (Å²) in [4.78, 5) is 30.7. The predicted octanol–water partition coefficient (Wildman–Crippen LogP) is 2.78. The van der Waals surface area contributed by atoms with Crippen LogP contribution >= 0.6 is 11.3 Å². The van der Waals surface area contributed by atoms with Crippen LogP contribution in [0.15, 0.2) is 40.8 Å². The average molecular weight is 363 g/mol. The van der Waals surface area contributed by atoms with E-state index < -0.39 is 11.6 Å². The number of rotatable bonds is 5. The number of halogens is 2. The van der Waals surface area contributed by atoms with Crippen LogP contribution in [0.2, 0.25) is 0 Å². The zero-order valence-electron chi connectivity index (χ0n) is 13.4. The van der Waals surface area contributed by atoms with E-state index in [4.69, 9.17) is 0 Å². The highest BCUT2D eigenvalue weighted by Crippen LogP contribution is 2.14. The second-order valence-electron chi connectivity index (χ2n) is 5.62. The lowest BCUT2D eigenvalue weighted by molar-refractivity contribution is -0.130. The minimum absolute atomic E-state index is 0.0294. The number of nitrogens with zero attached hydrogens (tertiary/aromatic N) is 3. The van der Waals surface area contributed by atoms with Crippen LogP contribution in [0.4, 0.5) is 8.78 Å². The molecule has 0 N–H and O–H groups in total. The van der Waals surface area contributed by atoms with E-state index >= 15 is 0 Å². The molecule has 0 spiro atoms. The second kappa shape index (κ2) is 7.10. The van der Waals surface area contributed by atoms with E-state index in [2.05, 4.69) is 4.98 Å². The smallest absolute Gasteiger partial charge is 0.262 e. The van der Waals surface area contributed by atoms with E-state index in [1.807, 2.05) is 0 Å². The summed E-state index contributed by atoms with van der Waals surface area (Å²) >= 11 is 1.38. The van der Waals surface area contributed by atoms with E-state index in [9.17, 15) is 18.4 Å². The highest BCUT2D eigenvalue weighted by Gasteiger charge is 2.13. The summed E-state index contributed by atoms with van der Waals surface area (Å²) in [5.74, 6) is -1.60. The number of thiophene rings is 1. The fourth-order valence-electron chi connectivity index (χ4n) is 2.45. The van der Waals surface area contributed by atoms with Crippen LogP contribution in [0.5, 0.6) is 0 Å². The van der Waals surface area contributed by atoms with E-state index in [1.165, 1.54) is 40.2 Å². The first-order valence-electron chi connectivity index (χ1n) is 7.56. The normalized spacial score (nSPS) is 11.0. The van der Waals surface area contributed by atoms with Gasteiger partial charge in [0.2, 0.25) is 5.91 Å². The van der Waals surface area contributed by atoms with Gasteiger partial charge >= 0.3 is 0 Å².